The van der Waals surface area contributed by atoms with Gasteiger partial charge in [0.1, 0.15) is 0 Å². The van der Waals surface area contributed by atoms with Gasteiger partial charge in [0.2, 0.25) is 0 Å². The van der Waals surface area contributed by atoms with Gasteiger partial charge in [-0.25, -0.2) is 4.79 Å². The number of fused-ring (bicyclic) bond motifs is 1. The number of carbonyl (C=O) groups is 1. The van der Waals surface area contributed by atoms with Crippen LogP contribution in [0.2, 0.25) is 0 Å². The second-order valence-corrected chi connectivity index (χ2v) is 4.61. The number of nitrogens with one attached hydrogen (secondary N) is 1. The Morgan fingerprint density at radius 2 is 2.00 bits per heavy atom. The molecular formula is C16H13N3O2. The zero-order valence-electron chi connectivity index (χ0n) is 11.1. The number of anilines is 3. The molecule has 0 spiro atoms. The third-order valence-electron chi connectivity index (χ3n) is 3.21. The van der Waals surface area contributed by atoms with E-state index in [-0.39, 0.29) is 11.3 Å². The van der Waals surface area contributed by atoms with Gasteiger partial charge in [0.15, 0.2) is 0 Å². The molecule has 0 atom stereocenters. The van der Waals surface area contributed by atoms with Crippen LogP contribution in [0.3, 0.4) is 0 Å². The second kappa shape index (κ2) is 5.13. The first-order chi connectivity index (χ1) is 10.1. The molecule has 0 saturated carbocycles. The zero-order valence-corrected chi connectivity index (χ0v) is 11.1. The molecular weight excluding hydrogens is 266 g/mol. The summed E-state index contributed by atoms with van der Waals surface area (Å²) in [4.78, 5) is 15.3. The van der Waals surface area contributed by atoms with Crippen molar-refractivity contribution in [3.63, 3.8) is 0 Å². The third kappa shape index (κ3) is 2.49. The maximum Gasteiger partial charge on any atom is 0.337 e. The number of hydrogen-bond donors (Lipinski definition) is 3. The number of nitrogen functional groups attached to an aromatic ring is 1. The lowest BCUT2D eigenvalue weighted by atomic mass is 10.1. The number of aromatic carboxylic acids is 1. The fraction of sp³-hybridized carbons (Fsp3) is 0. The van der Waals surface area contributed by atoms with Gasteiger partial charge in [-0.3, -0.25) is 4.98 Å². The van der Waals surface area contributed by atoms with Crippen LogP contribution in [0.15, 0.2) is 54.7 Å². The van der Waals surface area contributed by atoms with E-state index in [0.717, 1.165) is 22.3 Å². The summed E-state index contributed by atoms with van der Waals surface area (Å²) in [6, 6.07) is 14.4. The summed E-state index contributed by atoms with van der Waals surface area (Å²) in [6.45, 7) is 0. The summed E-state index contributed by atoms with van der Waals surface area (Å²) >= 11 is 0. The molecule has 0 amide bonds. The predicted molar refractivity (Wildman–Crippen MR) is 82.8 cm³/mol. The third-order valence-corrected chi connectivity index (χ3v) is 3.21. The monoisotopic (exact) mass is 279 g/mol. The normalized spacial score (nSPS) is 10.5. The molecule has 21 heavy (non-hydrogen) atoms. The topological polar surface area (TPSA) is 88.2 Å². The van der Waals surface area contributed by atoms with Crippen LogP contribution < -0.4 is 11.1 Å². The number of carboxylic acids is 1. The largest absolute Gasteiger partial charge is 0.478 e. The van der Waals surface area contributed by atoms with E-state index in [1.165, 1.54) is 6.07 Å². The van der Waals surface area contributed by atoms with Crippen molar-refractivity contribution in [2.75, 3.05) is 11.1 Å². The van der Waals surface area contributed by atoms with Crippen molar-refractivity contribution in [1.82, 2.24) is 4.98 Å². The van der Waals surface area contributed by atoms with E-state index in [0.29, 0.717) is 0 Å². The molecule has 104 valence electrons. The van der Waals surface area contributed by atoms with Crippen LogP contribution in [0.25, 0.3) is 10.9 Å². The van der Waals surface area contributed by atoms with Crippen molar-refractivity contribution in [2.45, 2.75) is 0 Å². The van der Waals surface area contributed by atoms with Crippen LogP contribution in [0, 0.1) is 0 Å². The van der Waals surface area contributed by atoms with E-state index >= 15 is 0 Å². The lowest BCUT2D eigenvalue weighted by molar-refractivity contribution is 0.0698. The molecule has 0 bridgehead atoms. The van der Waals surface area contributed by atoms with Crippen LogP contribution in [0.4, 0.5) is 17.1 Å². The Labute approximate surface area is 121 Å². The van der Waals surface area contributed by atoms with Crippen molar-refractivity contribution in [2.24, 2.45) is 0 Å². The molecule has 5 heteroatoms. The van der Waals surface area contributed by atoms with E-state index in [1.807, 2.05) is 30.3 Å². The van der Waals surface area contributed by atoms with Crippen LogP contribution >= 0.6 is 0 Å². The minimum atomic E-state index is -1.03. The molecule has 0 radical (unpaired) electrons. The highest BCUT2D eigenvalue weighted by atomic mass is 16.4. The first-order valence-electron chi connectivity index (χ1n) is 6.39. The number of pyridine rings is 1. The number of hydrogen-bond acceptors (Lipinski definition) is 4. The van der Waals surface area contributed by atoms with Gasteiger partial charge in [0.05, 0.1) is 11.1 Å². The van der Waals surface area contributed by atoms with Gasteiger partial charge in [-0.15, -0.1) is 0 Å². The Hall–Kier alpha value is -3.08. The Morgan fingerprint density at radius 3 is 2.76 bits per heavy atom. The highest BCUT2D eigenvalue weighted by Gasteiger charge is 2.08. The summed E-state index contributed by atoms with van der Waals surface area (Å²) < 4.78 is 0. The first-order valence-corrected chi connectivity index (χ1v) is 6.39. The van der Waals surface area contributed by atoms with E-state index < -0.39 is 5.97 Å². The molecule has 0 fully saturated rings. The number of rotatable bonds is 3. The summed E-state index contributed by atoms with van der Waals surface area (Å²) in [5, 5.41) is 13.2. The second-order valence-electron chi connectivity index (χ2n) is 4.61. The molecule has 0 aliphatic carbocycles. The van der Waals surface area contributed by atoms with Crippen molar-refractivity contribution in [1.29, 1.82) is 0 Å². The highest BCUT2D eigenvalue weighted by molar-refractivity contribution is 5.96. The minimum Gasteiger partial charge on any atom is -0.478 e. The average molecular weight is 279 g/mol. The Bertz CT molecular complexity index is 825. The Kier molecular flexibility index (Phi) is 3.16. The van der Waals surface area contributed by atoms with Crippen LogP contribution in [0.1, 0.15) is 10.4 Å². The number of aromatic nitrogens is 1. The van der Waals surface area contributed by atoms with Crippen LogP contribution in [-0.4, -0.2) is 16.1 Å². The molecule has 0 saturated heterocycles. The maximum atomic E-state index is 11.0. The number of carboxylic acid groups (broad SMARTS) is 1. The predicted octanol–water partition coefficient (Wildman–Crippen LogP) is 3.26. The van der Waals surface area contributed by atoms with Crippen molar-refractivity contribution >= 4 is 33.9 Å². The lowest BCUT2D eigenvalue weighted by Crippen LogP contribution is -2.03. The molecule has 2 aromatic carbocycles. The van der Waals surface area contributed by atoms with Crippen molar-refractivity contribution < 1.29 is 9.90 Å². The summed E-state index contributed by atoms with van der Waals surface area (Å²) in [5.41, 5.74) is 8.59. The SMILES string of the molecule is Nc1cc(Nc2cccc3ncccc23)ccc1C(=O)O. The quantitative estimate of drug-likeness (QED) is 0.640. The maximum absolute atomic E-state index is 11.0. The highest BCUT2D eigenvalue weighted by Crippen LogP contribution is 2.27. The molecule has 0 unspecified atom stereocenters. The minimum absolute atomic E-state index is 0.0973. The summed E-state index contributed by atoms with van der Waals surface area (Å²) in [5.74, 6) is -1.03. The number of benzene rings is 2. The Morgan fingerprint density at radius 1 is 1.14 bits per heavy atom. The molecule has 0 aliphatic rings. The smallest absolute Gasteiger partial charge is 0.337 e. The average Bonchev–Trinajstić information content (AvgIpc) is 2.47. The van der Waals surface area contributed by atoms with E-state index in [1.54, 1.807) is 18.3 Å². The van der Waals surface area contributed by atoms with E-state index in [4.69, 9.17) is 10.8 Å². The standard InChI is InChI=1S/C16H13N3O2/c17-13-9-10(6-7-11(13)16(20)21)19-15-5-1-4-14-12(15)3-2-8-18-14/h1-9,19H,17H2,(H,20,21). The number of nitrogens with zero attached hydrogens (tertiary/aromatic N) is 1. The van der Waals surface area contributed by atoms with Gasteiger partial charge in [0, 0.05) is 28.6 Å². The number of nitrogens with two attached hydrogens (primary N) is 1. The fourth-order valence-electron chi connectivity index (χ4n) is 2.20. The zero-order chi connectivity index (χ0) is 14.8. The molecule has 5 nitrogen and oxygen atoms in total. The lowest BCUT2D eigenvalue weighted by Gasteiger charge is -2.11. The van der Waals surface area contributed by atoms with Gasteiger partial charge < -0.3 is 16.2 Å². The molecule has 3 rings (SSSR count). The summed E-state index contributed by atoms with van der Waals surface area (Å²) in [7, 11) is 0. The first kappa shape index (κ1) is 12.9. The van der Waals surface area contributed by atoms with Crippen LogP contribution in [-0.2, 0) is 0 Å². The van der Waals surface area contributed by atoms with Crippen molar-refractivity contribution in [3.05, 3.63) is 60.3 Å². The van der Waals surface area contributed by atoms with Gasteiger partial charge in [-0.05, 0) is 42.5 Å². The molecule has 1 heterocycles. The molecule has 4 N–H and O–H groups in total. The molecule has 0 aliphatic heterocycles. The van der Waals surface area contributed by atoms with Gasteiger partial charge >= 0.3 is 5.97 Å². The van der Waals surface area contributed by atoms with Gasteiger partial charge in [0.25, 0.3) is 0 Å². The van der Waals surface area contributed by atoms with Crippen LogP contribution in [0.5, 0.6) is 0 Å². The van der Waals surface area contributed by atoms with E-state index in [2.05, 4.69) is 10.3 Å². The molecule has 3 aromatic rings. The van der Waals surface area contributed by atoms with Crippen molar-refractivity contribution in [3.8, 4) is 0 Å². The van der Waals surface area contributed by atoms with Gasteiger partial charge in [-0.1, -0.05) is 6.07 Å². The Balaban J connectivity index is 1.99. The fourth-order valence-corrected chi connectivity index (χ4v) is 2.20. The van der Waals surface area contributed by atoms with Gasteiger partial charge in [-0.2, -0.15) is 0 Å². The van der Waals surface area contributed by atoms with E-state index in [9.17, 15) is 4.79 Å². The summed E-state index contributed by atoms with van der Waals surface area (Å²) in [6.07, 6.45) is 1.74. The molecule has 1 aromatic heterocycles.